The molecule has 1 fully saturated rings. The summed E-state index contributed by atoms with van der Waals surface area (Å²) in [7, 11) is 0. The first-order valence-electron chi connectivity index (χ1n) is 9.55. The van der Waals surface area contributed by atoms with Gasteiger partial charge in [-0.3, -0.25) is 9.78 Å². The highest BCUT2D eigenvalue weighted by atomic mass is 16.5. The van der Waals surface area contributed by atoms with Gasteiger partial charge in [-0.2, -0.15) is 0 Å². The Kier molecular flexibility index (Phi) is 5.63. The van der Waals surface area contributed by atoms with Crippen LogP contribution in [0.3, 0.4) is 0 Å². The number of aromatic nitrogens is 1. The molecule has 1 aliphatic rings. The van der Waals surface area contributed by atoms with Gasteiger partial charge in [-0.25, -0.2) is 4.79 Å². The minimum atomic E-state index is -1.30. The first-order valence-corrected chi connectivity index (χ1v) is 9.55. The van der Waals surface area contributed by atoms with E-state index in [4.69, 9.17) is 4.74 Å². The Labute approximate surface area is 159 Å². The van der Waals surface area contributed by atoms with Crippen LogP contribution in [0.15, 0.2) is 36.5 Å². The average molecular weight is 370 g/mol. The number of ether oxygens (including phenoxy) is 1. The maximum Gasteiger partial charge on any atom is 0.348 e. The first-order chi connectivity index (χ1) is 13.0. The lowest BCUT2D eigenvalue weighted by Crippen LogP contribution is -2.55. The van der Waals surface area contributed by atoms with Crippen LogP contribution >= 0.6 is 0 Å². The molecule has 2 heterocycles. The third kappa shape index (κ3) is 3.89. The minimum absolute atomic E-state index is 0.0104. The van der Waals surface area contributed by atoms with E-state index in [0.717, 1.165) is 23.7 Å². The van der Waals surface area contributed by atoms with Gasteiger partial charge in [0.2, 0.25) is 11.5 Å². The predicted octanol–water partition coefficient (Wildman–Crippen LogP) is 3.50. The largest absolute Gasteiger partial charge is 0.478 e. The van der Waals surface area contributed by atoms with E-state index >= 15 is 0 Å². The third-order valence-electron chi connectivity index (χ3n) is 5.50. The number of piperidine rings is 1. The highest BCUT2D eigenvalue weighted by Crippen LogP contribution is 2.31. The second kappa shape index (κ2) is 7.94. The highest BCUT2D eigenvalue weighted by Gasteiger charge is 2.45. The molecule has 1 aromatic heterocycles. The molecule has 6 heteroatoms. The van der Waals surface area contributed by atoms with E-state index in [-0.39, 0.29) is 24.7 Å². The Bertz CT molecular complexity index is 824. The molecule has 0 spiro atoms. The monoisotopic (exact) mass is 370 g/mol. The van der Waals surface area contributed by atoms with Crippen molar-refractivity contribution in [2.24, 2.45) is 5.92 Å². The summed E-state index contributed by atoms with van der Waals surface area (Å²) in [5.41, 5.74) is -0.472. The zero-order valence-corrected chi connectivity index (χ0v) is 15.9. The zero-order chi connectivity index (χ0) is 19.4. The zero-order valence-electron chi connectivity index (χ0n) is 15.9. The van der Waals surface area contributed by atoms with Crippen LogP contribution in [0.5, 0.6) is 5.75 Å². The van der Waals surface area contributed by atoms with Crippen LogP contribution in [0.2, 0.25) is 0 Å². The summed E-state index contributed by atoms with van der Waals surface area (Å²) in [6.07, 6.45) is 3.88. The molecule has 27 heavy (non-hydrogen) atoms. The van der Waals surface area contributed by atoms with Crippen molar-refractivity contribution in [3.63, 3.8) is 0 Å². The van der Waals surface area contributed by atoms with Gasteiger partial charge in [-0.15, -0.1) is 0 Å². The highest BCUT2D eigenvalue weighted by molar-refractivity contribution is 5.82. The van der Waals surface area contributed by atoms with E-state index in [9.17, 15) is 14.7 Å². The van der Waals surface area contributed by atoms with Crippen molar-refractivity contribution in [3.05, 3.63) is 36.5 Å². The molecule has 1 saturated heterocycles. The molecule has 6 nitrogen and oxygen atoms in total. The molecule has 0 radical (unpaired) electrons. The molecule has 1 amide bonds. The van der Waals surface area contributed by atoms with Crippen molar-refractivity contribution in [1.29, 1.82) is 0 Å². The second-order valence-corrected chi connectivity index (χ2v) is 7.10. The number of carbonyl (C=O) groups excluding carboxylic acids is 1. The lowest BCUT2D eigenvalue weighted by Gasteiger charge is -2.39. The SMILES string of the molecule is CCC(CC)C(=O)N1CCC(Oc2ccc3ncccc3c2)(C(=O)O)CC1. The Balaban J connectivity index is 1.75. The summed E-state index contributed by atoms with van der Waals surface area (Å²) in [5, 5.41) is 10.7. The smallest absolute Gasteiger partial charge is 0.348 e. The number of benzene rings is 1. The van der Waals surface area contributed by atoms with E-state index in [2.05, 4.69) is 4.98 Å². The average Bonchev–Trinajstić information content (AvgIpc) is 2.69. The number of pyridine rings is 1. The summed E-state index contributed by atoms with van der Waals surface area (Å²) in [4.78, 5) is 30.7. The molecule has 3 rings (SSSR count). The molecular weight excluding hydrogens is 344 g/mol. The lowest BCUT2D eigenvalue weighted by molar-refractivity contribution is -0.162. The number of rotatable bonds is 6. The molecule has 1 N–H and O–H groups in total. The van der Waals surface area contributed by atoms with Gasteiger partial charge >= 0.3 is 5.97 Å². The molecule has 2 aromatic rings. The van der Waals surface area contributed by atoms with Gasteiger partial charge in [0, 0.05) is 43.4 Å². The van der Waals surface area contributed by atoms with E-state index in [1.807, 2.05) is 38.1 Å². The van der Waals surface area contributed by atoms with Crippen molar-refractivity contribution in [1.82, 2.24) is 9.88 Å². The normalized spacial score (nSPS) is 16.5. The van der Waals surface area contributed by atoms with Crippen LogP contribution in [-0.2, 0) is 9.59 Å². The van der Waals surface area contributed by atoms with E-state index < -0.39 is 11.6 Å². The molecule has 0 aliphatic carbocycles. The molecule has 0 atom stereocenters. The van der Waals surface area contributed by atoms with Gasteiger partial charge in [0.15, 0.2) is 0 Å². The van der Waals surface area contributed by atoms with Gasteiger partial charge in [0.05, 0.1) is 5.52 Å². The summed E-state index contributed by atoms with van der Waals surface area (Å²) in [6, 6.07) is 9.14. The van der Waals surface area contributed by atoms with Crippen molar-refractivity contribution in [2.45, 2.75) is 45.1 Å². The van der Waals surface area contributed by atoms with Crippen molar-refractivity contribution < 1.29 is 19.4 Å². The van der Waals surface area contributed by atoms with Crippen LogP contribution in [0, 0.1) is 5.92 Å². The predicted molar refractivity (Wildman–Crippen MR) is 103 cm³/mol. The van der Waals surface area contributed by atoms with E-state index in [1.54, 1.807) is 17.2 Å². The quantitative estimate of drug-likeness (QED) is 0.842. The van der Waals surface area contributed by atoms with Gasteiger partial charge in [-0.05, 0) is 37.1 Å². The number of fused-ring (bicyclic) bond motifs is 1. The minimum Gasteiger partial charge on any atom is -0.478 e. The van der Waals surface area contributed by atoms with Crippen LogP contribution in [0.4, 0.5) is 0 Å². The van der Waals surface area contributed by atoms with Crippen molar-refractivity contribution in [2.75, 3.05) is 13.1 Å². The molecule has 144 valence electrons. The van der Waals surface area contributed by atoms with Crippen molar-refractivity contribution in [3.8, 4) is 5.75 Å². The Morgan fingerprint density at radius 2 is 1.93 bits per heavy atom. The molecule has 0 saturated carbocycles. The van der Waals surface area contributed by atoms with Gasteiger partial charge < -0.3 is 14.7 Å². The topological polar surface area (TPSA) is 79.7 Å². The number of hydrogen-bond donors (Lipinski definition) is 1. The maximum absolute atomic E-state index is 12.6. The van der Waals surface area contributed by atoms with Crippen LogP contribution in [0.1, 0.15) is 39.5 Å². The summed E-state index contributed by atoms with van der Waals surface area (Å²) < 4.78 is 5.99. The third-order valence-corrected chi connectivity index (χ3v) is 5.50. The number of hydrogen-bond acceptors (Lipinski definition) is 4. The number of carboxylic acids is 1. The number of nitrogens with zero attached hydrogens (tertiary/aromatic N) is 2. The number of likely N-dealkylation sites (tertiary alicyclic amines) is 1. The number of carboxylic acid groups (broad SMARTS) is 1. The molecule has 1 aliphatic heterocycles. The number of aliphatic carboxylic acids is 1. The number of carbonyl (C=O) groups is 2. The summed E-state index contributed by atoms with van der Waals surface area (Å²) in [6.45, 7) is 4.82. The fourth-order valence-corrected chi connectivity index (χ4v) is 3.69. The Morgan fingerprint density at radius 1 is 1.22 bits per heavy atom. The van der Waals surface area contributed by atoms with Crippen LogP contribution in [0.25, 0.3) is 10.9 Å². The standard InChI is InChI=1S/C21H26N2O4/c1-3-15(4-2)19(24)23-12-9-21(10-13-23,20(25)26)27-17-7-8-18-16(14-17)6-5-11-22-18/h5-8,11,14-15H,3-4,9-10,12-13H2,1-2H3,(H,25,26). The van der Waals surface area contributed by atoms with Gasteiger partial charge in [-0.1, -0.05) is 19.9 Å². The van der Waals surface area contributed by atoms with Crippen LogP contribution in [-0.4, -0.2) is 45.6 Å². The van der Waals surface area contributed by atoms with Gasteiger partial charge in [0.1, 0.15) is 5.75 Å². The maximum atomic E-state index is 12.6. The molecule has 0 bridgehead atoms. The van der Waals surface area contributed by atoms with E-state index in [0.29, 0.717) is 18.8 Å². The van der Waals surface area contributed by atoms with Crippen LogP contribution < -0.4 is 4.74 Å². The summed E-state index contributed by atoms with van der Waals surface area (Å²) in [5.74, 6) is -0.340. The fraction of sp³-hybridized carbons (Fsp3) is 0.476. The second-order valence-electron chi connectivity index (χ2n) is 7.10. The lowest BCUT2D eigenvalue weighted by atomic mass is 9.89. The van der Waals surface area contributed by atoms with E-state index in [1.165, 1.54) is 0 Å². The molecule has 0 unspecified atom stereocenters. The number of amides is 1. The van der Waals surface area contributed by atoms with Crippen molar-refractivity contribution >= 4 is 22.8 Å². The first kappa shape index (κ1) is 19.1. The van der Waals surface area contributed by atoms with Gasteiger partial charge in [0.25, 0.3) is 0 Å². The Morgan fingerprint density at radius 3 is 2.56 bits per heavy atom. The molecule has 1 aromatic carbocycles. The Hall–Kier alpha value is -2.63. The summed E-state index contributed by atoms with van der Waals surface area (Å²) >= 11 is 0. The fourth-order valence-electron chi connectivity index (χ4n) is 3.69. The molecular formula is C21H26N2O4.